The van der Waals surface area contributed by atoms with E-state index < -0.39 is 5.79 Å². The van der Waals surface area contributed by atoms with Crippen LogP contribution in [0.15, 0.2) is 24.3 Å². The van der Waals surface area contributed by atoms with E-state index in [0.717, 1.165) is 30.8 Å². The summed E-state index contributed by atoms with van der Waals surface area (Å²) in [6, 6.07) is 7.97. The lowest BCUT2D eigenvalue weighted by molar-refractivity contribution is -0.148. The molecule has 0 spiro atoms. The van der Waals surface area contributed by atoms with E-state index in [4.69, 9.17) is 23.7 Å². The van der Waals surface area contributed by atoms with Crippen LogP contribution in [0.5, 0.6) is 5.75 Å². The molecular weight excluding hydrogens is 308 g/mol. The highest BCUT2D eigenvalue weighted by atomic mass is 16.7. The lowest BCUT2D eigenvalue weighted by atomic mass is 10.0. The normalized spacial score (nSPS) is 29.4. The number of ether oxygens (including phenoxy) is 5. The molecule has 0 saturated carbocycles. The minimum Gasteiger partial charge on any atom is -0.497 e. The third kappa shape index (κ3) is 4.93. The average molecular weight is 336 g/mol. The lowest BCUT2D eigenvalue weighted by Gasteiger charge is -2.22. The first kappa shape index (κ1) is 17.7. The Bertz CT molecular complexity index is 523. The Hall–Kier alpha value is -1.14. The van der Waals surface area contributed by atoms with Crippen LogP contribution >= 0.6 is 0 Å². The first-order valence-corrected chi connectivity index (χ1v) is 8.67. The monoisotopic (exact) mass is 336 g/mol. The summed E-state index contributed by atoms with van der Waals surface area (Å²) in [4.78, 5) is 0. The maximum absolute atomic E-state index is 6.17. The maximum atomic E-state index is 6.17. The van der Waals surface area contributed by atoms with Crippen LogP contribution in [0.1, 0.15) is 39.2 Å². The van der Waals surface area contributed by atoms with Crippen molar-refractivity contribution in [2.24, 2.45) is 0 Å². The van der Waals surface area contributed by atoms with Gasteiger partial charge in [-0.25, -0.2) is 0 Å². The number of epoxide rings is 1. The molecule has 1 unspecified atom stereocenters. The summed E-state index contributed by atoms with van der Waals surface area (Å²) in [5.74, 6) is 0.343. The third-order valence-corrected chi connectivity index (χ3v) is 4.50. The molecule has 2 saturated heterocycles. The number of hydrogen-bond donors (Lipinski definition) is 0. The van der Waals surface area contributed by atoms with Crippen LogP contribution in [-0.2, 0) is 25.6 Å². The molecule has 5 heteroatoms. The van der Waals surface area contributed by atoms with Gasteiger partial charge < -0.3 is 23.7 Å². The predicted octanol–water partition coefficient (Wildman–Crippen LogP) is 3.30. The van der Waals surface area contributed by atoms with Crippen LogP contribution in [0.3, 0.4) is 0 Å². The van der Waals surface area contributed by atoms with E-state index in [2.05, 4.69) is 6.92 Å². The second-order valence-electron chi connectivity index (χ2n) is 7.09. The summed E-state index contributed by atoms with van der Waals surface area (Å²) in [6.07, 6.45) is 2.29. The van der Waals surface area contributed by atoms with Crippen LogP contribution in [0.2, 0.25) is 0 Å². The van der Waals surface area contributed by atoms with Crippen molar-refractivity contribution >= 4 is 0 Å². The molecule has 1 aromatic rings. The van der Waals surface area contributed by atoms with Crippen molar-refractivity contribution in [1.82, 2.24) is 0 Å². The van der Waals surface area contributed by atoms with Crippen molar-refractivity contribution in [3.8, 4) is 5.75 Å². The van der Waals surface area contributed by atoms with E-state index in [1.807, 2.05) is 38.1 Å². The highest BCUT2D eigenvalue weighted by molar-refractivity contribution is 5.26. The van der Waals surface area contributed by atoms with Gasteiger partial charge in [0.25, 0.3) is 0 Å². The van der Waals surface area contributed by atoms with Gasteiger partial charge in [0.15, 0.2) is 5.79 Å². The zero-order chi connectivity index (χ0) is 17.2. The van der Waals surface area contributed by atoms with Gasteiger partial charge in [0, 0.05) is 12.8 Å². The molecule has 5 nitrogen and oxygen atoms in total. The van der Waals surface area contributed by atoms with E-state index in [9.17, 15) is 0 Å². The number of methoxy groups -OCH3 is 1. The summed E-state index contributed by atoms with van der Waals surface area (Å²) in [7, 11) is 1.67. The zero-order valence-electron chi connectivity index (χ0n) is 15.0. The van der Waals surface area contributed by atoms with Gasteiger partial charge >= 0.3 is 0 Å². The largest absolute Gasteiger partial charge is 0.497 e. The molecule has 2 aliphatic rings. The molecule has 2 fully saturated rings. The van der Waals surface area contributed by atoms with Crippen molar-refractivity contribution in [2.75, 3.05) is 13.7 Å². The fraction of sp³-hybridized carbons (Fsp3) is 0.684. The van der Waals surface area contributed by atoms with Crippen LogP contribution in [0.25, 0.3) is 0 Å². The SMILES string of the molecule is COc1ccc(CO[C@@H](CC2CO2)C[C@H]2OC(C)(C)O[C@@H]2C)cc1. The van der Waals surface area contributed by atoms with E-state index in [1.165, 1.54) is 0 Å². The average Bonchev–Trinajstić information content (AvgIpc) is 3.31. The molecule has 0 bridgehead atoms. The fourth-order valence-electron chi connectivity index (χ4n) is 3.18. The van der Waals surface area contributed by atoms with Crippen molar-refractivity contribution in [3.05, 3.63) is 29.8 Å². The molecule has 2 heterocycles. The smallest absolute Gasteiger partial charge is 0.163 e. The van der Waals surface area contributed by atoms with Crippen LogP contribution in [0, 0.1) is 0 Å². The summed E-state index contributed by atoms with van der Waals surface area (Å²) in [6.45, 7) is 7.40. The molecule has 0 aliphatic carbocycles. The van der Waals surface area contributed by atoms with E-state index in [1.54, 1.807) is 7.11 Å². The molecule has 4 atom stereocenters. The van der Waals surface area contributed by atoms with Gasteiger partial charge in [0.05, 0.1) is 44.7 Å². The maximum Gasteiger partial charge on any atom is 0.163 e. The topological polar surface area (TPSA) is 49.5 Å². The minimum absolute atomic E-state index is 0.0552. The summed E-state index contributed by atoms with van der Waals surface area (Å²) >= 11 is 0. The second-order valence-corrected chi connectivity index (χ2v) is 7.09. The first-order valence-electron chi connectivity index (χ1n) is 8.67. The van der Waals surface area contributed by atoms with E-state index in [0.29, 0.717) is 12.7 Å². The second kappa shape index (κ2) is 7.40. The molecule has 0 radical (unpaired) electrons. The van der Waals surface area contributed by atoms with Crippen molar-refractivity contribution in [1.29, 1.82) is 0 Å². The Kier molecular flexibility index (Phi) is 5.45. The van der Waals surface area contributed by atoms with Gasteiger partial charge in [-0.15, -0.1) is 0 Å². The molecule has 0 amide bonds. The van der Waals surface area contributed by atoms with Gasteiger partial charge in [-0.05, 0) is 38.5 Å². The van der Waals surface area contributed by atoms with Gasteiger partial charge in [-0.3, -0.25) is 0 Å². The van der Waals surface area contributed by atoms with Crippen LogP contribution in [0.4, 0.5) is 0 Å². The minimum atomic E-state index is -0.513. The number of hydrogen-bond acceptors (Lipinski definition) is 5. The van der Waals surface area contributed by atoms with E-state index in [-0.39, 0.29) is 18.3 Å². The molecule has 2 aliphatic heterocycles. The highest BCUT2D eigenvalue weighted by Gasteiger charge is 2.40. The fourth-order valence-corrected chi connectivity index (χ4v) is 3.18. The standard InChI is InChI=1S/C19H28O5/c1-13-18(24-19(2,3)23-13)10-16(9-17-12-22-17)21-11-14-5-7-15(20-4)8-6-14/h5-8,13,16-18H,9-12H2,1-4H3/t13-,16+,17?,18-/m1/s1. The Morgan fingerprint density at radius 3 is 2.42 bits per heavy atom. The predicted molar refractivity (Wildman–Crippen MR) is 90.0 cm³/mol. The van der Waals surface area contributed by atoms with Gasteiger partial charge in [-0.1, -0.05) is 12.1 Å². The highest BCUT2D eigenvalue weighted by Crippen LogP contribution is 2.32. The first-order chi connectivity index (χ1) is 11.4. The van der Waals surface area contributed by atoms with Crippen LogP contribution in [-0.4, -0.2) is 43.9 Å². The summed E-state index contributed by atoms with van der Waals surface area (Å²) in [5.41, 5.74) is 1.13. The Labute approximate surface area is 144 Å². The molecule has 3 rings (SSSR count). The Balaban J connectivity index is 1.55. The zero-order valence-corrected chi connectivity index (χ0v) is 15.0. The molecular formula is C19H28O5. The molecule has 0 N–H and O–H groups in total. The summed E-state index contributed by atoms with van der Waals surface area (Å²) < 4.78 is 28.6. The van der Waals surface area contributed by atoms with Crippen molar-refractivity contribution in [2.45, 2.75) is 70.4 Å². The lowest BCUT2D eigenvalue weighted by Crippen LogP contribution is -2.28. The summed E-state index contributed by atoms with van der Waals surface area (Å²) in [5, 5.41) is 0. The van der Waals surface area contributed by atoms with Gasteiger partial charge in [-0.2, -0.15) is 0 Å². The van der Waals surface area contributed by atoms with Crippen molar-refractivity contribution < 1.29 is 23.7 Å². The third-order valence-electron chi connectivity index (χ3n) is 4.50. The number of rotatable bonds is 8. The molecule has 0 aromatic heterocycles. The van der Waals surface area contributed by atoms with Gasteiger partial charge in [0.2, 0.25) is 0 Å². The molecule has 24 heavy (non-hydrogen) atoms. The Morgan fingerprint density at radius 2 is 1.88 bits per heavy atom. The van der Waals surface area contributed by atoms with Crippen molar-refractivity contribution in [3.63, 3.8) is 0 Å². The quantitative estimate of drug-likeness (QED) is 0.682. The molecule has 134 valence electrons. The van der Waals surface area contributed by atoms with Crippen LogP contribution < -0.4 is 4.74 Å². The molecule has 1 aromatic carbocycles. The van der Waals surface area contributed by atoms with E-state index >= 15 is 0 Å². The number of benzene rings is 1. The Morgan fingerprint density at radius 1 is 1.17 bits per heavy atom. The van der Waals surface area contributed by atoms with Gasteiger partial charge in [0.1, 0.15) is 5.75 Å².